The molecule has 1 aliphatic rings. The van der Waals surface area contributed by atoms with Gasteiger partial charge in [-0.1, -0.05) is 24.3 Å². The highest BCUT2D eigenvalue weighted by atomic mass is 16.2. The molecule has 26 heavy (non-hydrogen) atoms. The maximum absolute atomic E-state index is 13.1. The van der Waals surface area contributed by atoms with E-state index < -0.39 is 0 Å². The topological polar surface area (TPSA) is 48.5 Å². The number of carbonyl (C=O) groups excluding carboxylic acids is 1. The van der Waals surface area contributed by atoms with Crippen molar-refractivity contribution in [2.75, 3.05) is 33.0 Å². The van der Waals surface area contributed by atoms with Crippen molar-refractivity contribution in [3.63, 3.8) is 0 Å². The first-order valence-corrected chi connectivity index (χ1v) is 9.27. The summed E-state index contributed by atoms with van der Waals surface area (Å²) < 4.78 is 0. The number of carbonyl (C=O) groups is 1. The summed E-state index contributed by atoms with van der Waals surface area (Å²) in [5, 5.41) is 3.00. The fourth-order valence-corrected chi connectivity index (χ4v) is 3.60. The number of hydrogen-bond acceptors (Lipinski definition) is 4. The molecule has 5 heteroatoms. The number of pyridine rings is 1. The lowest BCUT2D eigenvalue weighted by Crippen LogP contribution is -2.38. The maximum Gasteiger partial charge on any atom is 0.254 e. The molecule has 138 valence electrons. The standard InChI is InChI=1S/C21H28N4O/c1-22-20-14-18(11-12-23-20)21(26)25-13-5-4-6-19(25)17-9-7-16(8-10-17)15-24(2)3/h7-12,14,19H,4-6,13,15H2,1-3H3,(H,22,23)/t19-/m1/s1. The summed E-state index contributed by atoms with van der Waals surface area (Å²) in [7, 11) is 5.96. The number of aromatic nitrogens is 1. The minimum Gasteiger partial charge on any atom is -0.373 e. The smallest absolute Gasteiger partial charge is 0.254 e. The van der Waals surface area contributed by atoms with Crippen LogP contribution in [0.3, 0.4) is 0 Å². The van der Waals surface area contributed by atoms with Crippen molar-refractivity contribution in [1.29, 1.82) is 0 Å². The molecule has 5 nitrogen and oxygen atoms in total. The second kappa shape index (κ2) is 8.32. The SMILES string of the molecule is CNc1cc(C(=O)N2CCCC[C@@H]2c2ccc(CN(C)C)cc2)ccn1. The molecule has 0 unspecified atom stereocenters. The molecule has 0 spiro atoms. The van der Waals surface area contributed by atoms with Gasteiger partial charge in [0.15, 0.2) is 0 Å². The van der Waals surface area contributed by atoms with Crippen LogP contribution in [0.1, 0.15) is 46.8 Å². The summed E-state index contributed by atoms with van der Waals surface area (Å²) in [4.78, 5) is 21.5. The number of rotatable bonds is 5. The number of amides is 1. The van der Waals surface area contributed by atoms with Crippen molar-refractivity contribution >= 4 is 11.7 Å². The van der Waals surface area contributed by atoms with Gasteiger partial charge in [-0.2, -0.15) is 0 Å². The second-order valence-corrected chi connectivity index (χ2v) is 7.17. The van der Waals surface area contributed by atoms with E-state index in [4.69, 9.17) is 0 Å². The molecule has 1 aromatic carbocycles. The van der Waals surface area contributed by atoms with Crippen molar-refractivity contribution in [3.8, 4) is 0 Å². The summed E-state index contributed by atoms with van der Waals surface area (Å²) in [6.45, 7) is 1.73. The molecule has 1 aromatic heterocycles. The Balaban J connectivity index is 1.82. The first-order valence-electron chi connectivity index (χ1n) is 9.27. The number of nitrogens with zero attached hydrogens (tertiary/aromatic N) is 3. The molecule has 0 radical (unpaired) electrons. The van der Waals surface area contributed by atoms with Crippen molar-refractivity contribution in [2.24, 2.45) is 0 Å². The Labute approximate surface area is 156 Å². The van der Waals surface area contributed by atoms with E-state index in [0.717, 1.165) is 38.2 Å². The van der Waals surface area contributed by atoms with Gasteiger partial charge >= 0.3 is 0 Å². The third-order valence-corrected chi connectivity index (χ3v) is 4.89. The molecule has 2 aromatic rings. The van der Waals surface area contributed by atoms with Gasteiger partial charge in [-0.15, -0.1) is 0 Å². The van der Waals surface area contributed by atoms with Crippen LogP contribution in [0, 0.1) is 0 Å². The van der Waals surface area contributed by atoms with Crippen molar-refractivity contribution in [1.82, 2.24) is 14.8 Å². The van der Waals surface area contributed by atoms with E-state index >= 15 is 0 Å². The minimum absolute atomic E-state index is 0.0889. The van der Waals surface area contributed by atoms with E-state index in [-0.39, 0.29) is 11.9 Å². The van der Waals surface area contributed by atoms with Gasteiger partial charge in [0, 0.05) is 31.9 Å². The lowest BCUT2D eigenvalue weighted by Gasteiger charge is -2.36. The Kier molecular flexibility index (Phi) is 5.89. The highest BCUT2D eigenvalue weighted by Crippen LogP contribution is 2.32. The quantitative estimate of drug-likeness (QED) is 0.894. The van der Waals surface area contributed by atoms with Gasteiger partial charge in [0.1, 0.15) is 5.82 Å². The second-order valence-electron chi connectivity index (χ2n) is 7.17. The molecule has 0 aliphatic carbocycles. The van der Waals surface area contributed by atoms with Gasteiger partial charge in [-0.25, -0.2) is 4.98 Å². The number of likely N-dealkylation sites (tertiary alicyclic amines) is 1. The highest BCUT2D eigenvalue weighted by Gasteiger charge is 2.28. The molecule has 1 saturated heterocycles. The third kappa shape index (κ3) is 4.22. The number of benzene rings is 1. The molecule has 3 rings (SSSR count). The highest BCUT2D eigenvalue weighted by molar-refractivity contribution is 5.95. The Morgan fingerprint density at radius 1 is 1.23 bits per heavy atom. The zero-order chi connectivity index (χ0) is 18.5. The van der Waals surface area contributed by atoms with Crippen molar-refractivity contribution in [3.05, 3.63) is 59.3 Å². The van der Waals surface area contributed by atoms with Crippen LogP contribution < -0.4 is 5.32 Å². The number of hydrogen-bond donors (Lipinski definition) is 1. The average Bonchev–Trinajstić information content (AvgIpc) is 2.67. The molecule has 0 bridgehead atoms. The van der Waals surface area contributed by atoms with Gasteiger partial charge in [0.2, 0.25) is 0 Å². The lowest BCUT2D eigenvalue weighted by molar-refractivity contribution is 0.0611. The van der Waals surface area contributed by atoms with Crippen LogP contribution in [0.15, 0.2) is 42.6 Å². The average molecular weight is 352 g/mol. The molecular weight excluding hydrogens is 324 g/mol. The monoisotopic (exact) mass is 352 g/mol. The van der Waals surface area contributed by atoms with Gasteiger partial charge in [-0.3, -0.25) is 4.79 Å². The fraction of sp³-hybridized carbons (Fsp3) is 0.429. The van der Waals surface area contributed by atoms with Crippen molar-refractivity contribution < 1.29 is 4.79 Å². The van der Waals surface area contributed by atoms with E-state index in [0.29, 0.717) is 5.56 Å². The zero-order valence-corrected chi connectivity index (χ0v) is 15.9. The van der Waals surface area contributed by atoms with Crippen LogP contribution in [-0.2, 0) is 6.54 Å². The normalized spacial score (nSPS) is 17.4. The fourth-order valence-electron chi connectivity index (χ4n) is 3.60. The van der Waals surface area contributed by atoms with Gasteiger partial charge in [-0.05, 0) is 56.6 Å². The molecule has 1 aliphatic heterocycles. The van der Waals surface area contributed by atoms with Gasteiger partial charge < -0.3 is 15.1 Å². The molecule has 2 heterocycles. The number of piperidine rings is 1. The minimum atomic E-state index is 0.0889. The summed E-state index contributed by atoms with van der Waals surface area (Å²) in [5.74, 6) is 0.809. The largest absolute Gasteiger partial charge is 0.373 e. The number of anilines is 1. The van der Waals surface area contributed by atoms with Gasteiger partial charge in [0.05, 0.1) is 6.04 Å². The Morgan fingerprint density at radius 3 is 2.69 bits per heavy atom. The van der Waals surface area contributed by atoms with Crippen LogP contribution >= 0.6 is 0 Å². The first-order chi connectivity index (χ1) is 12.6. The Morgan fingerprint density at radius 2 is 2.00 bits per heavy atom. The Bertz CT molecular complexity index is 742. The summed E-state index contributed by atoms with van der Waals surface area (Å²) >= 11 is 0. The molecule has 0 saturated carbocycles. The molecule has 1 amide bonds. The van der Waals surface area contributed by atoms with E-state index in [2.05, 4.69) is 53.6 Å². The van der Waals surface area contributed by atoms with Crippen LogP contribution in [0.2, 0.25) is 0 Å². The summed E-state index contributed by atoms with van der Waals surface area (Å²) in [5.41, 5.74) is 3.21. The first kappa shape index (κ1) is 18.4. The number of nitrogens with one attached hydrogen (secondary N) is 1. The molecule has 1 atom stereocenters. The van der Waals surface area contributed by atoms with Crippen LogP contribution in [0.5, 0.6) is 0 Å². The lowest BCUT2D eigenvalue weighted by atomic mass is 9.93. The van der Waals surface area contributed by atoms with E-state index in [1.807, 2.05) is 18.0 Å². The van der Waals surface area contributed by atoms with E-state index in [1.54, 1.807) is 12.3 Å². The summed E-state index contributed by atoms with van der Waals surface area (Å²) in [6, 6.07) is 12.5. The van der Waals surface area contributed by atoms with E-state index in [9.17, 15) is 4.79 Å². The third-order valence-electron chi connectivity index (χ3n) is 4.89. The molecule has 1 N–H and O–H groups in total. The summed E-state index contributed by atoms with van der Waals surface area (Å²) in [6.07, 6.45) is 4.92. The Hall–Kier alpha value is -2.40. The molecule has 1 fully saturated rings. The van der Waals surface area contributed by atoms with Crippen LogP contribution in [0.4, 0.5) is 5.82 Å². The predicted octanol–water partition coefficient (Wildman–Crippen LogP) is 3.55. The van der Waals surface area contributed by atoms with Crippen LogP contribution in [0.25, 0.3) is 0 Å². The van der Waals surface area contributed by atoms with Crippen molar-refractivity contribution in [2.45, 2.75) is 31.8 Å². The zero-order valence-electron chi connectivity index (χ0n) is 15.9. The predicted molar refractivity (Wildman–Crippen MR) is 105 cm³/mol. The van der Waals surface area contributed by atoms with E-state index in [1.165, 1.54) is 11.1 Å². The van der Waals surface area contributed by atoms with Crippen LogP contribution in [-0.4, -0.2) is 48.4 Å². The molecular formula is C21H28N4O. The maximum atomic E-state index is 13.1. The van der Waals surface area contributed by atoms with Gasteiger partial charge in [0.25, 0.3) is 5.91 Å².